The zero-order valence-electron chi connectivity index (χ0n) is 8.28. The molecule has 66 valence electrons. The van der Waals surface area contributed by atoms with Crippen molar-refractivity contribution in [2.24, 2.45) is 11.3 Å². The minimum Gasteiger partial charge on any atom is -0.314 e. The summed E-state index contributed by atoms with van der Waals surface area (Å²) in [6.45, 7) is 10.5. The molecule has 0 radical (unpaired) electrons. The Morgan fingerprint density at radius 2 is 2.18 bits per heavy atom. The molecule has 0 aliphatic carbocycles. The highest BCUT2D eigenvalue weighted by molar-refractivity contribution is 4.88. The molecule has 1 rings (SSSR count). The molecule has 2 unspecified atom stereocenters. The standard InChI is InChI=1S/C10H21N/c1-8(2)5-10(4)6-9(3)11-7-10/h8-9,11H,5-7H2,1-4H3. The lowest BCUT2D eigenvalue weighted by molar-refractivity contribution is 0.282. The summed E-state index contributed by atoms with van der Waals surface area (Å²) in [4.78, 5) is 0. The molecule has 11 heavy (non-hydrogen) atoms. The van der Waals surface area contributed by atoms with E-state index in [1.54, 1.807) is 0 Å². The number of hydrogen-bond acceptors (Lipinski definition) is 1. The molecule has 0 saturated carbocycles. The minimum absolute atomic E-state index is 0.577. The van der Waals surface area contributed by atoms with Gasteiger partial charge in [0, 0.05) is 12.6 Å². The van der Waals surface area contributed by atoms with E-state index in [0.29, 0.717) is 5.41 Å². The van der Waals surface area contributed by atoms with Crippen LogP contribution in [-0.4, -0.2) is 12.6 Å². The summed E-state index contributed by atoms with van der Waals surface area (Å²) in [7, 11) is 0. The molecule has 1 saturated heterocycles. The van der Waals surface area contributed by atoms with Crippen molar-refractivity contribution in [2.45, 2.75) is 46.6 Å². The highest BCUT2D eigenvalue weighted by atomic mass is 15.0. The molecule has 0 bridgehead atoms. The second-order valence-corrected chi connectivity index (χ2v) is 4.89. The summed E-state index contributed by atoms with van der Waals surface area (Å²) in [5.74, 6) is 0.840. The molecule has 1 heterocycles. The highest BCUT2D eigenvalue weighted by Crippen LogP contribution is 2.34. The second-order valence-electron chi connectivity index (χ2n) is 4.89. The van der Waals surface area contributed by atoms with E-state index < -0.39 is 0 Å². The van der Waals surface area contributed by atoms with Crippen LogP contribution < -0.4 is 5.32 Å². The Bertz CT molecular complexity index is 131. The Morgan fingerprint density at radius 3 is 2.55 bits per heavy atom. The maximum atomic E-state index is 3.52. The van der Waals surface area contributed by atoms with Crippen LogP contribution in [0.3, 0.4) is 0 Å². The predicted molar refractivity (Wildman–Crippen MR) is 49.6 cm³/mol. The molecule has 0 aromatic carbocycles. The van der Waals surface area contributed by atoms with Gasteiger partial charge >= 0.3 is 0 Å². The van der Waals surface area contributed by atoms with Gasteiger partial charge in [0.25, 0.3) is 0 Å². The zero-order valence-corrected chi connectivity index (χ0v) is 8.28. The van der Waals surface area contributed by atoms with Gasteiger partial charge in [-0.3, -0.25) is 0 Å². The molecule has 0 aromatic rings. The van der Waals surface area contributed by atoms with Gasteiger partial charge in [-0.15, -0.1) is 0 Å². The van der Waals surface area contributed by atoms with Crippen molar-refractivity contribution in [1.82, 2.24) is 5.32 Å². The second kappa shape index (κ2) is 3.14. The Balaban J connectivity index is 2.42. The number of hydrogen-bond donors (Lipinski definition) is 1. The monoisotopic (exact) mass is 155 g/mol. The van der Waals surface area contributed by atoms with Crippen LogP contribution in [0.2, 0.25) is 0 Å². The van der Waals surface area contributed by atoms with Crippen LogP contribution >= 0.6 is 0 Å². The maximum Gasteiger partial charge on any atom is 0.00446 e. The Kier molecular flexibility index (Phi) is 2.58. The third-order valence-electron chi connectivity index (χ3n) is 2.58. The van der Waals surface area contributed by atoms with Crippen molar-refractivity contribution < 1.29 is 0 Å². The molecule has 1 aliphatic heterocycles. The molecule has 0 spiro atoms. The topological polar surface area (TPSA) is 12.0 Å². The van der Waals surface area contributed by atoms with Crippen molar-refractivity contribution in [3.8, 4) is 0 Å². The Morgan fingerprint density at radius 1 is 1.55 bits per heavy atom. The van der Waals surface area contributed by atoms with Crippen LogP contribution in [0, 0.1) is 11.3 Å². The Hall–Kier alpha value is -0.0400. The fraction of sp³-hybridized carbons (Fsp3) is 1.00. The average Bonchev–Trinajstić information content (AvgIpc) is 2.08. The van der Waals surface area contributed by atoms with Gasteiger partial charge < -0.3 is 5.32 Å². The largest absolute Gasteiger partial charge is 0.314 e. The summed E-state index contributed by atoms with van der Waals surface area (Å²) in [6, 6.07) is 0.735. The Labute approximate surface area is 70.6 Å². The van der Waals surface area contributed by atoms with E-state index in [9.17, 15) is 0 Å². The van der Waals surface area contributed by atoms with Crippen LogP contribution in [0.1, 0.15) is 40.5 Å². The van der Waals surface area contributed by atoms with Crippen LogP contribution in [0.15, 0.2) is 0 Å². The molecule has 1 aliphatic rings. The lowest BCUT2D eigenvalue weighted by Crippen LogP contribution is -2.22. The van der Waals surface area contributed by atoms with Gasteiger partial charge in [0.05, 0.1) is 0 Å². The van der Waals surface area contributed by atoms with Crippen molar-refractivity contribution in [2.75, 3.05) is 6.54 Å². The SMILES string of the molecule is CC(C)CC1(C)CNC(C)C1. The van der Waals surface area contributed by atoms with Gasteiger partial charge in [0.15, 0.2) is 0 Å². The van der Waals surface area contributed by atoms with Crippen LogP contribution in [0.5, 0.6) is 0 Å². The van der Waals surface area contributed by atoms with Crippen molar-refractivity contribution >= 4 is 0 Å². The first-order valence-corrected chi connectivity index (χ1v) is 4.75. The first kappa shape index (κ1) is 9.05. The van der Waals surface area contributed by atoms with Crippen molar-refractivity contribution in [3.63, 3.8) is 0 Å². The van der Waals surface area contributed by atoms with Gasteiger partial charge in [0.1, 0.15) is 0 Å². The molecule has 1 heteroatoms. The lowest BCUT2D eigenvalue weighted by Gasteiger charge is -2.24. The van der Waals surface area contributed by atoms with Crippen LogP contribution in [0.4, 0.5) is 0 Å². The van der Waals surface area contributed by atoms with E-state index >= 15 is 0 Å². The van der Waals surface area contributed by atoms with E-state index in [2.05, 4.69) is 33.0 Å². The first-order valence-electron chi connectivity index (χ1n) is 4.75. The molecule has 1 nitrogen and oxygen atoms in total. The number of rotatable bonds is 2. The van der Waals surface area contributed by atoms with Gasteiger partial charge in [-0.25, -0.2) is 0 Å². The summed E-state index contributed by atoms with van der Waals surface area (Å²) >= 11 is 0. The van der Waals surface area contributed by atoms with Gasteiger partial charge in [-0.2, -0.15) is 0 Å². The highest BCUT2D eigenvalue weighted by Gasteiger charge is 2.32. The summed E-state index contributed by atoms with van der Waals surface area (Å²) in [5.41, 5.74) is 0.577. The molecule has 0 aromatic heterocycles. The molecule has 0 amide bonds. The summed E-state index contributed by atoms with van der Waals surface area (Å²) in [6.07, 6.45) is 2.72. The van der Waals surface area contributed by atoms with Gasteiger partial charge in [-0.1, -0.05) is 20.8 Å². The van der Waals surface area contributed by atoms with E-state index in [-0.39, 0.29) is 0 Å². The molecule has 2 atom stereocenters. The van der Waals surface area contributed by atoms with E-state index in [4.69, 9.17) is 0 Å². The van der Waals surface area contributed by atoms with Crippen molar-refractivity contribution in [3.05, 3.63) is 0 Å². The fourth-order valence-electron chi connectivity index (χ4n) is 2.45. The quantitative estimate of drug-likeness (QED) is 0.645. The van der Waals surface area contributed by atoms with E-state index in [1.165, 1.54) is 19.4 Å². The maximum absolute atomic E-state index is 3.52. The third kappa shape index (κ3) is 2.48. The summed E-state index contributed by atoms with van der Waals surface area (Å²) in [5, 5.41) is 3.52. The van der Waals surface area contributed by atoms with Crippen LogP contribution in [-0.2, 0) is 0 Å². The fourth-order valence-corrected chi connectivity index (χ4v) is 2.45. The molecular formula is C10H21N. The van der Waals surface area contributed by atoms with E-state index in [0.717, 1.165) is 12.0 Å². The summed E-state index contributed by atoms with van der Waals surface area (Å²) < 4.78 is 0. The van der Waals surface area contributed by atoms with Gasteiger partial charge in [0.2, 0.25) is 0 Å². The van der Waals surface area contributed by atoms with E-state index in [1.807, 2.05) is 0 Å². The lowest BCUT2D eigenvalue weighted by atomic mass is 9.80. The normalized spacial score (nSPS) is 38.5. The van der Waals surface area contributed by atoms with Crippen molar-refractivity contribution in [1.29, 1.82) is 0 Å². The predicted octanol–water partition coefficient (Wildman–Crippen LogP) is 2.42. The minimum atomic E-state index is 0.577. The third-order valence-corrected chi connectivity index (χ3v) is 2.58. The first-order chi connectivity index (χ1) is 5.02. The van der Waals surface area contributed by atoms with Gasteiger partial charge in [-0.05, 0) is 31.1 Å². The smallest absolute Gasteiger partial charge is 0.00446 e. The van der Waals surface area contributed by atoms with Crippen LogP contribution in [0.25, 0.3) is 0 Å². The molecular weight excluding hydrogens is 134 g/mol. The zero-order chi connectivity index (χ0) is 8.48. The molecule has 1 fully saturated rings. The number of nitrogens with one attached hydrogen (secondary N) is 1. The molecule has 1 N–H and O–H groups in total. The average molecular weight is 155 g/mol.